The van der Waals surface area contributed by atoms with Gasteiger partial charge in [0.05, 0.1) is 28.6 Å². The highest BCUT2D eigenvalue weighted by molar-refractivity contribution is 7.99. The van der Waals surface area contributed by atoms with Gasteiger partial charge in [-0.1, -0.05) is 36.0 Å². The molecule has 162 valence electrons. The van der Waals surface area contributed by atoms with Gasteiger partial charge in [0.1, 0.15) is 0 Å². The molecule has 4 rings (SSSR count). The molecule has 0 fully saturated rings. The summed E-state index contributed by atoms with van der Waals surface area (Å²) < 4.78 is 6.51. The third-order valence-corrected chi connectivity index (χ3v) is 5.68. The molecule has 0 aliphatic heterocycles. The summed E-state index contributed by atoms with van der Waals surface area (Å²) in [4.78, 5) is 42.2. The highest BCUT2D eigenvalue weighted by Crippen LogP contribution is 2.23. The second kappa shape index (κ2) is 9.11. The molecule has 2 N–H and O–H groups in total. The predicted octanol–water partition coefficient (Wildman–Crippen LogP) is 3.15. The van der Waals surface area contributed by atoms with Crippen LogP contribution in [-0.2, 0) is 4.79 Å². The van der Waals surface area contributed by atoms with Gasteiger partial charge in [-0.2, -0.15) is 0 Å². The first kappa shape index (κ1) is 21.4. The van der Waals surface area contributed by atoms with Gasteiger partial charge in [0.25, 0.3) is 5.56 Å². The average molecular weight is 449 g/mol. The molecule has 4 aromatic rings. The minimum Gasteiger partial charge on any atom is -0.459 e. The number of aromatic nitrogens is 2. The van der Waals surface area contributed by atoms with Crippen LogP contribution in [0.4, 0.5) is 0 Å². The zero-order chi connectivity index (χ0) is 22.7. The normalized spacial score (nSPS) is 10.8. The van der Waals surface area contributed by atoms with Crippen molar-refractivity contribution in [2.75, 3.05) is 5.75 Å². The Hall–Kier alpha value is -3.85. The lowest BCUT2D eigenvalue weighted by Gasteiger charge is -2.15. The predicted molar refractivity (Wildman–Crippen MR) is 122 cm³/mol. The molecule has 0 spiro atoms. The second-order valence-electron chi connectivity index (χ2n) is 7.11. The van der Waals surface area contributed by atoms with E-state index < -0.39 is 11.8 Å². The van der Waals surface area contributed by atoms with Crippen LogP contribution in [0.1, 0.15) is 21.7 Å². The number of fused-ring (bicyclic) bond motifs is 1. The van der Waals surface area contributed by atoms with Gasteiger partial charge in [-0.25, -0.2) is 4.98 Å². The van der Waals surface area contributed by atoms with Crippen molar-refractivity contribution in [2.45, 2.75) is 19.0 Å². The number of nitrogens with zero attached hydrogens (tertiary/aromatic N) is 2. The lowest BCUT2D eigenvalue weighted by atomic mass is 10.1. The van der Waals surface area contributed by atoms with Crippen LogP contribution in [0.5, 0.6) is 0 Å². The van der Waals surface area contributed by atoms with Gasteiger partial charge in [-0.3, -0.25) is 29.8 Å². The Labute approximate surface area is 187 Å². The first-order valence-corrected chi connectivity index (χ1v) is 10.8. The Bertz CT molecular complexity index is 1360. The van der Waals surface area contributed by atoms with Crippen molar-refractivity contribution >= 4 is 34.5 Å². The number of hydrogen-bond donors (Lipinski definition) is 2. The number of rotatable bonds is 5. The molecule has 2 heterocycles. The fourth-order valence-corrected chi connectivity index (χ4v) is 3.95. The number of carbonyl (C=O) groups excluding carboxylic acids is 2. The van der Waals surface area contributed by atoms with Gasteiger partial charge >= 0.3 is 5.91 Å². The molecule has 2 aromatic heterocycles. The highest BCUT2D eigenvalue weighted by atomic mass is 32.2. The zero-order valence-corrected chi connectivity index (χ0v) is 18.2. The van der Waals surface area contributed by atoms with Crippen molar-refractivity contribution in [1.82, 2.24) is 20.4 Å². The molecule has 2 amide bonds. The maximum absolute atomic E-state index is 13.3. The van der Waals surface area contributed by atoms with Crippen molar-refractivity contribution in [3.63, 3.8) is 0 Å². The number of nitrogens with one attached hydrogen (secondary N) is 2. The summed E-state index contributed by atoms with van der Waals surface area (Å²) in [6.45, 7) is 3.87. The van der Waals surface area contributed by atoms with Crippen LogP contribution in [0, 0.1) is 13.8 Å². The third kappa shape index (κ3) is 4.42. The molecule has 9 heteroatoms. The number of furan rings is 1. The molecule has 0 saturated carbocycles. The molecule has 0 bridgehead atoms. The van der Waals surface area contributed by atoms with Crippen molar-refractivity contribution in [2.24, 2.45) is 0 Å². The Kier molecular flexibility index (Phi) is 6.09. The van der Waals surface area contributed by atoms with Gasteiger partial charge in [-0.05, 0) is 55.3 Å². The molecule has 2 aromatic carbocycles. The van der Waals surface area contributed by atoms with Crippen molar-refractivity contribution < 1.29 is 14.0 Å². The fourth-order valence-electron chi connectivity index (χ4n) is 3.14. The quantitative estimate of drug-likeness (QED) is 0.276. The van der Waals surface area contributed by atoms with Crippen molar-refractivity contribution in [3.8, 4) is 5.69 Å². The standard InChI is InChI=1S/C23H20N4O4S/c1-14-9-10-15(2)18(12-14)27-22(30)16-6-3-4-7-17(16)24-23(27)32-13-20(28)25-26-21(29)19-8-5-11-31-19/h3-12H,13H2,1-2H3,(H,25,28)(H,26,29). The van der Waals surface area contributed by atoms with Crippen LogP contribution >= 0.6 is 11.8 Å². The minimum absolute atomic E-state index is 0.0614. The topological polar surface area (TPSA) is 106 Å². The summed E-state index contributed by atoms with van der Waals surface area (Å²) in [6, 6.07) is 16.0. The van der Waals surface area contributed by atoms with Crippen LogP contribution in [0.25, 0.3) is 16.6 Å². The van der Waals surface area contributed by atoms with Gasteiger partial charge in [0, 0.05) is 0 Å². The molecule has 0 radical (unpaired) electrons. The van der Waals surface area contributed by atoms with E-state index in [1.54, 1.807) is 24.3 Å². The summed E-state index contributed by atoms with van der Waals surface area (Å²) in [5, 5.41) is 0.878. The van der Waals surface area contributed by atoms with E-state index in [0.717, 1.165) is 22.9 Å². The largest absolute Gasteiger partial charge is 0.459 e. The maximum Gasteiger partial charge on any atom is 0.305 e. The zero-order valence-electron chi connectivity index (χ0n) is 17.4. The second-order valence-corrected chi connectivity index (χ2v) is 8.05. The number of carbonyl (C=O) groups is 2. The molecular formula is C23H20N4O4S. The number of hydrazine groups is 1. The third-order valence-electron chi connectivity index (χ3n) is 4.74. The van der Waals surface area contributed by atoms with Crippen LogP contribution in [0.15, 0.2) is 75.2 Å². The summed E-state index contributed by atoms with van der Waals surface area (Å²) in [7, 11) is 0. The Morgan fingerprint density at radius 3 is 2.66 bits per heavy atom. The molecule has 0 atom stereocenters. The van der Waals surface area contributed by atoms with Crippen LogP contribution < -0.4 is 16.4 Å². The molecule has 0 saturated heterocycles. The number of para-hydroxylation sites is 1. The van der Waals surface area contributed by atoms with Crippen molar-refractivity contribution in [3.05, 3.63) is 88.1 Å². The van der Waals surface area contributed by atoms with E-state index in [-0.39, 0.29) is 17.1 Å². The van der Waals surface area contributed by atoms with Gasteiger partial charge in [-0.15, -0.1) is 0 Å². The molecule has 0 aliphatic carbocycles. The molecule has 0 aliphatic rings. The van der Waals surface area contributed by atoms with E-state index in [1.807, 2.05) is 38.1 Å². The number of amides is 2. The fraction of sp³-hybridized carbons (Fsp3) is 0.130. The molecule has 32 heavy (non-hydrogen) atoms. The number of aryl methyl sites for hydroxylation is 2. The van der Waals surface area contributed by atoms with Gasteiger partial charge < -0.3 is 4.42 Å². The van der Waals surface area contributed by atoms with E-state index >= 15 is 0 Å². The Balaban J connectivity index is 1.61. The van der Waals surface area contributed by atoms with E-state index in [2.05, 4.69) is 15.8 Å². The lowest BCUT2D eigenvalue weighted by Crippen LogP contribution is -2.42. The first-order valence-electron chi connectivity index (χ1n) is 9.79. The average Bonchev–Trinajstić information content (AvgIpc) is 3.33. The van der Waals surface area contributed by atoms with Crippen molar-refractivity contribution in [1.29, 1.82) is 0 Å². The summed E-state index contributed by atoms with van der Waals surface area (Å²) in [6.07, 6.45) is 1.37. The number of hydrogen-bond acceptors (Lipinski definition) is 6. The minimum atomic E-state index is -0.565. The molecular weight excluding hydrogens is 428 g/mol. The number of benzene rings is 2. The first-order chi connectivity index (χ1) is 15.4. The summed E-state index contributed by atoms with van der Waals surface area (Å²) >= 11 is 1.11. The Morgan fingerprint density at radius 2 is 1.88 bits per heavy atom. The smallest absolute Gasteiger partial charge is 0.305 e. The van der Waals surface area contributed by atoms with Crippen LogP contribution in [-0.4, -0.2) is 27.1 Å². The Morgan fingerprint density at radius 1 is 1.06 bits per heavy atom. The summed E-state index contributed by atoms with van der Waals surface area (Å²) in [5.74, 6) is -0.999. The SMILES string of the molecule is Cc1ccc(C)c(-n2c(SCC(=O)NNC(=O)c3ccco3)nc3ccccc3c2=O)c1. The monoisotopic (exact) mass is 448 g/mol. The van der Waals surface area contributed by atoms with E-state index in [9.17, 15) is 14.4 Å². The number of thioether (sulfide) groups is 1. The van der Waals surface area contributed by atoms with E-state index in [1.165, 1.54) is 16.9 Å². The van der Waals surface area contributed by atoms with E-state index in [0.29, 0.717) is 21.7 Å². The van der Waals surface area contributed by atoms with Crippen LogP contribution in [0.2, 0.25) is 0 Å². The van der Waals surface area contributed by atoms with E-state index in [4.69, 9.17) is 4.42 Å². The lowest BCUT2D eigenvalue weighted by molar-refractivity contribution is -0.119. The van der Waals surface area contributed by atoms with Crippen LogP contribution in [0.3, 0.4) is 0 Å². The van der Waals surface area contributed by atoms with Gasteiger partial charge in [0.15, 0.2) is 10.9 Å². The maximum atomic E-state index is 13.3. The highest BCUT2D eigenvalue weighted by Gasteiger charge is 2.17. The molecule has 8 nitrogen and oxygen atoms in total. The molecule has 0 unspecified atom stereocenters. The van der Waals surface area contributed by atoms with Gasteiger partial charge in [0.2, 0.25) is 5.91 Å². The summed E-state index contributed by atoms with van der Waals surface area (Å²) in [5.41, 5.74) is 7.59.